The number of hydrogen-bond donors (Lipinski definition) is 2. The molecule has 144 valence electrons. The van der Waals surface area contributed by atoms with Gasteiger partial charge in [-0.05, 0) is 49.1 Å². The Hall–Kier alpha value is -3.16. The summed E-state index contributed by atoms with van der Waals surface area (Å²) in [6.07, 6.45) is -0.427. The zero-order valence-corrected chi connectivity index (χ0v) is 14.8. The highest BCUT2D eigenvalue weighted by Crippen LogP contribution is 2.34. The lowest BCUT2D eigenvalue weighted by atomic mass is 9.91. The highest BCUT2D eigenvalue weighted by Gasteiger charge is 2.31. The Morgan fingerprint density at radius 1 is 1.18 bits per heavy atom. The molecule has 28 heavy (non-hydrogen) atoms. The number of nitrogens with zero attached hydrogens (tertiary/aromatic N) is 2. The molecule has 2 N–H and O–H groups in total. The van der Waals surface area contributed by atoms with Crippen LogP contribution in [0.3, 0.4) is 0 Å². The van der Waals surface area contributed by atoms with E-state index in [4.69, 9.17) is 0 Å². The Morgan fingerprint density at radius 2 is 2.04 bits per heavy atom. The van der Waals surface area contributed by atoms with Crippen LogP contribution in [0.4, 0.5) is 13.2 Å². The number of aromatic amines is 1. The monoisotopic (exact) mass is 386 g/mol. The number of rotatable bonds is 3. The van der Waals surface area contributed by atoms with Crippen LogP contribution in [0.2, 0.25) is 0 Å². The van der Waals surface area contributed by atoms with Gasteiger partial charge in [-0.2, -0.15) is 18.3 Å². The first kappa shape index (κ1) is 18.2. The van der Waals surface area contributed by atoms with Crippen molar-refractivity contribution in [1.82, 2.24) is 20.5 Å². The van der Waals surface area contributed by atoms with Gasteiger partial charge in [-0.3, -0.25) is 14.9 Å². The molecule has 1 aliphatic carbocycles. The molecule has 0 fully saturated rings. The van der Waals surface area contributed by atoms with Crippen LogP contribution in [0.15, 0.2) is 48.7 Å². The Bertz CT molecular complexity index is 999. The summed E-state index contributed by atoms with van der Waals surface area (Å²) in [7, 11) is 0. The van der Waals surface area contributed by atoms with Crippen molar-refractivity contribution in [1.29, 1.82) is 0 Å². The summed E-state index contributed by atoms with van der Waals surface area (Å²) in [5.74, 6) is -0.314. The summed E-state index contributed by atoms with van der Waals surface area (Å²) in [5.41, 5.74) is 2.10. The minimum Gasteiger partial charge on any atom is -0.342 e. The number of carbonyl (C=O) groups is 1. The molecule has 1 unspecified atom stereocenters. The summed E-state index contributed by atoms with van der Waals surface area (Å²) >= 11 is 0. The van der Waals surface area contributed by atoms with Crippen molar-refractivity contribution in [3.05, 3.63) is 71.2 Å². The SMILES string of the molecule is O=C(NC1CCCc2ccc(-c3cccc(C(F)(F)F)c3)nc21)c1cc[nH]n1. The summed E-state index contributed by atoms with van der Waals surface area (Å²) in [6.45, 7) is 0. The first-order valence-corrected chi connectivity index (χ1v) is 8.90. The molecular weight excluding hydrogens is 369 g/mol. The number of alkyl halides is 3. The van der Waals surface area contributed by atoms with E-state index in [1.54, 1.807) is 24.4 Å². The first-order valence-electron chi connectivity index (χ1n) is 8.90. The molecule has 1 amide bonds. The number of halogens is 3. The second-order valence-corrected chi connectivity index (χ2v) is 6.70. The van der Waals surface area contributed by atoms with Crippen LogP contribution in [0, 0.1) is 0 Å². The maximum atomic E-state index is 13.0. The lowest BCUT2D eigenvalue weighted by Gasteiger charge is -2.25. The van der Waals surface area contributed by atoms with Crippen molar-refractivity contribution >= 4 is 5.91 Å². The van der Waals surface area contributed by atoms with E-state index in [-0.39, 0.29) is 17.6 Å². The number of amides is 1. The van der Waals surface area contributed by atoms with Crippen molar-refractivity contribution in [2.75, 3.05) is 0 Å². The summed E-state index contributed by atoms with van der Waals surface area (Å²) in [5, 5.41) is 9.40. The normalized spacial score (nSPS) is 16.5. The van der Waals surface area contributed by atoms with Crippen LogP contribution in [0.1, 0.15) is 46.2 Å². The fourth-order valence-corrected chi connectivity index (χ4v) is 3.43. The molecule has 0 radical (unpaired) electrons. The van der Waals surface area contributed by atoms with Gasteiger partial charge in [-0.25, -0.2) is 0 Å². The van der Waals surface area contributed by atoms with Gasteiger partial charge in [0.2, 0.25) is 0 Å². The molecule has 0 saturated heterocycles. The fraction of sp³-hybridized carbons (Fsp3) is 0.250. The number of nitrogens with one attached hydrogen (secondary N) is 2. The highest BCUT2D eigenvalue weighted by atomic mass is 19.4. The van der Waals surface area contributed by atoms with Crippen molar-refractivity contribution in [3.8, 4) is 11.3 Å². The number of hydrogen-bond acceptors (Lipinski definition) is 3. The minimum absolute atomic E-state index is 0.279. The van der Waals surface area contributed by atoms with Crippen molar-refractivity contribution in [3.63, 3.8) is 0 Å². The van der Waals surface area contributed by atoms with E-state index in [1.165, 1.54) is 6.07 Å². The molecule has 0 spiro atoms. The van der Waals surface area contributed by atoms with Gasteiger partial charge in [0.25, 0.3) is 5.91 Å². The third-order valence-electron chi connectivity index (χ3n) is 4.81. The molecule has 2 heterocycles. The van der Waals surface area contributed by atoms with Crippen LogP contribution >= 0.6 is 0 Å². The largest absolute Gasteiger partial charge is 0.416 e. The van der Waals surface area contributed by atoms with E-state index in [9.17, 15) is 18.0 Å². The first-order chi connectivity index (χ1) is 13.4. The molecule has 5 nitrogen and oxygen atoms in total. The average Bonchev–Trinajstić information content (AvgIpc) is 3.22. The molecule has 4 rings (SSSR count). The molecular formula is C20H17F3N4O. The maximum absolute atomic E-state index is 13.0. The van der Waals surface area contributed by atoms with Crippen LogP contribution in [-0.2, 0) is 12.6 Å². The highest BCUT2D eigenvalue weighted by molar-refractivity contribution is 5.92. The van der Waals surface area contributed by atoms with Gasteiger partial charge >= 0.3 is 6.18 Å². The maximum Gasteiger partial charge on any atom is 0.416 e. The van der Waals surface area contributed by atoms with Crippen LogP contribution in [0.25, 0.3) is 11.3 Å². The lowest BCUT2D eigenvalue weighted by Crippen LogP contribution is -2.32. The fourth-order valence-electron chi connectivity index (χ4n) is 3.43. The Morgan fingerprint density at radius 3 is 2.79 bits per heavy atom. The molecule has 3 aromatic rings. The number of fused-ring (bicyclic) bond motifs is 1. The number of aromatic nitrogens is 3. The van der Waals surface area contributed by atoms with Crippen LogP contribution in [-0.4, -0.2) is 21.1 Å². The van der Waals surface area contributed by atoms with Gasteiger partial charge in [0.05, 0.1) is 23.0 Å². The van der Waals surface area contributed by atoms with E-state index in [0.717, 1.165) is 30.5 Å². The van der Waals surface area contributed by atoms with E-state index in [1.807, 2.05) is 6.07 Å². The molecule has 0 bridgehead atoms. The molecule has 1 aromatic carbocycles. The molecule has 8 heteroatoms. The van der Waals surface area contributed by atoms with E-state index in [0.29, 0.717) is 23.4 Å². The Labute approximate surface area is 159 Å². The molecule has 1 aliphatic rings. The van der Waals surface area contributed by atoms with Gasteiger partial charge in [0, 0.05) is 11.8 Å². The zero-order valence-electron chi connectivity index (χ0n) is 14.8. The molecule has 1 atom stereocenters. The smallest absolute Gasteiger partial charge is 0.342 e. The second kappa shape index (κ2) is 7.10. The van der Waals surface area contributed by atoms with Crippen LogP contribution in [0.5, 0.6) is 0 Å². The standard InChI is InChI=1S/C20H17F3N4O/c21-20(22,23)14-5-1-4-13(11-14)15-8-7-12-3-2-6-16(18(12)25-15)26-19(28)17-9-10-24-27-17/h1,4-5,7-11,16H,2-3,6H2,(H,24,27)(H,26,28). The second-order valence-electron chi connectivity index (χ2n) is 6.70. The van der Waals surface area contributed by atoms with Gasteiger partial charge in [0.15, 0.2) is 0 Å². The quantitative estimate of drug-likeness (QED) is 0.705. The Kier molecular flexibility index (Phi) is 4.62. The minimum atomic E-state index is -4.41. The third kappa shape index (κ3) is 3.62. The number of aryl methyl sites for hydroxylation is 1. The summed E-state index contributed by atoms with van der Waals surface area (Å²) in [4.78, 5) is 17.0. The number of pyridine rings is 1. The van der Waals surface area contributed by atoms with Gasteiger partial charge < -0.3 is 5.32 Å². The van der Waals surface area contributed by atoms with Gasteiger partial charge in [0.1, 0.15) is 5.69 Å². The Balaban J connectivity index is 1.66. The zero-order chi connectivity index (χ0) is 19.7. The van der Waals surface area contributed by atoms with Crippen molar-refractivity contribution in [2.24, 2.45) is 0 Å². The van der Waals surface area contributed by atoms with Crippen molar-refractivity contribution in [2.45, 2.75) is 31.5 Å². The van der Waals surface area contributed by atoms with Crippen molar-refractivity contribution < 1.29 is 18.0 Å². The molecule has 0 aliphatic heterocycles. The predicted octanol–water partition coefficient (Wildman–Crippen LogP) is 4.30. The summed E-state index contributed by atoms with van der Waals surface area (Å²) in [6, 6.07) is 9.98. The topological polar surface area (TPSA) is 70.7 Å². The predicted molar refractivity (Wildman–Crippen MR) is 96.4 cm³/mol. The van der Waals surface area contributed by atoms with Gasteiger partial charge in [-0.1, -0.05) is 18.2 Å². The number of H-pyrrole nitrogens is 1. The molecule has 0 saturated carbocycles. The lowest BCUT2D eigenvalue weighted by molar-refractivity contribution is -0.137. The number of carbonyl (C=O) groups excluding carboxylic acids is 1. The van der Waals surface area contributed by atoms with E-state index in [2.05, 4.69) is 20.5 Å². The van der Waals surface area contributed by atoms with E-state index < -0.39 is 11.7 Å². The average molecular weight is 386 g/mol. The summed E-state index contributed by atoms with van der Waals surface area (Å²) < 4.78 is 39.1. The van der Waals surface area contributed by atoms with Crippen LogP contribution < -0.4 is 5.32 Å². The van der Waals surface area contributed by atoms with Gasteiger partial charge in [-0.15, -0.1) is 0 Å². The van der Waals surface area contributed by atoms with E-state index >= 15 is 0 Å². The number of benzene rings is 1. The third-order valence-corrected chi connectivity index (χ3v) is 4.81. The molecule has 2 aromatic heterocycles.